The molecule has 0 saturated heterocycles. The minimum Gasteiger partial charge on any atom is -0.490 e. The molecule has 0 bridgehead atoms. The molecule has 1 aromatic carbocycles. The summed E-state index contributed by atoms with van der Waals surface area (Å²) in [7, 11) is 0. The minimum absolute atomic E-state index is 0.183. The Hall–Kier alpha value is -1.55. The highest BCUT2D eigenvalue weighted by atomic mass is 79.9. The number of halogens is 1. The Bertz CT molecular complexity index is 640. The van der Waals surface area contributed by atoms with Crippen LogP contribution >= 0.6 is 15.9 Å². The maximum Gasteiger partial charge on any atom is 0.262 e. The van der Waals surface area contributed by atoms with Crippen LogP contribution in [0.15, 0.2) is 45.0 Å². The molecule has 0 aliphatic carbocycles. The molecule has 0 N–H and O–H groups in total. The highest BCUT2D eigenvalue weighted by molar-refractivity contribution is 9.10. The fourth-order valence-corrected chi connectivity index (χ4v) is 2.44. The van der Waals surface area contributed by atoms with Crippen LogP contribution in [0.1, 0.15) is 23.4 Å². The van der Waals surface area contributed by atoms with Gasteiger partial charge in [0.05, 0.1) is 11.1 Å². The van der Waals surface area contributed by atoms with Crippen molar-refractivity contribution in [2.45, 2.75) is 12.8 Å². The molecule has 0 atom stereocenters. The molecule has 2 heterocycles. The molecule has 3 rings (SSSR count). The second-order valence-corrected chi connectivity index (χ2v) is 5.01. The standard InChI is InChI=1S/C14H11BrO3/c15-10-5-3-4-9-8-12(18-14(9)10)13(16)11-6-1-2-7-17-11/h3-6,8H,1-2,7H2. The molecule has 92 valence electrons. The van der Waals surface area contributed by atoms with Gasteiger partial charge in [-0.25, -0.2) is 0 Å². The zero-order valence-corrected chi connectivity index (χ0v) is 11.2. The average Bonchev–Trinajstić information content (AvgIpc) is 2.84. The van der Waals surface area contributed by atoms with Crippen molar-refractivity contribution in [1.29, 1.82) is 0 Å². The summed E-state index contributed by atoms with van der Waals surface area (Å²) in [6.07, 6.45) is 3.67. The van der Waals surface area contributed by atoms with Gasteiger partial charge in [-0.3, -0.25) is 4.79 Å². The number of rotatable bonds is 2. The summed E-state index contributed by atoms with van der Waals surface area (Å²) in [4.78, 5) is 12.2. The Kier molecular flexibility index (Phi) is 2.96. The fraction of sp³-hybridized carbons (Fsp3) is 0.214. The number of hydrogen-bond acceptors (Lipinski definition) is 3. The third kappa shape index (κ3) is 1.97. The molecule has 2 aromatic rings. The third-order valence-electron chi connectivity index (χ3n) is 2.88. The molecular weight excluding hydrogens is 296 g/mol. The minimum atomic E-state index is -0.183. The number of allylic oxidation sites excluding steroid dienone is 2. The zero-order chi connectivity index (χ0) is 12.5. The topological polar surface area (TPSA) is 39.4 Å². The third-order valence-corrected chi connectivity index (χ3v) is 3.50. The van der Waals surface area contributed by atoms with E-state index in [-0.39, 0.29) is 5.78 Å². The molecule has 1 aliphatic heterocycles. The van der Waals surface area contributed by atoms with Gasteiger partial charge in [0.1, 0.15) is 5.58 Å². The van der Waals surface area contributed by atoms with Crippen molar-refractivity contribution in [3.8, 4) is 0 Å². The molecular formula is C14H11BrO3. The quantitative estimate of drug-likeness (QED) is 0.785. The summed E-state index contributed by atoms with van der Waals surface area (Å²) >= 11 is 3.40. The summed E-state index contributed by atoms with van der Waals surface area (Å²) in [6.45, 7) is 0.599. The van der Waals surface area contributed by atoms with Crippen LogP contribution in [0.25, 0.3) is 11.0 Å². The van der Waals surface area contributed by atoms with Gasteiger partial charge in [-0.2, -0.15) is 0 Å². The summed E-state index contributed by atoms with van der Waals surface area (Å²) in [6, 6.07) is 7.46. The van der Waals surface area contributed by atoms with E-state index in [0.717, 1.165) is 22.7 Å². The van der Waals surface area contributed by atoms with Crippen molar-refractivity contribution in [3.05, 3.63) is 46.3 Å². The van der Waals surface area contributed by atoms with Crippen LogP contribution in [0.4, 0.5) is 0 Å². The highest BCUT2D eigenvalue weighted by Crippen LogP contribution is 2.28. The van der Waals surface area contributed by atoms with E-state index in [9.17, 15) is 4.79 Å². The maximum absolute atomic E-state index is 12.2. The van der Waals surface area contributed by atoms with Gasteiger partial charge in [-0.15, -0.1) is 0 Å². The number of para-hydroxylation sites is 1. The van der Waals surface area contributed by atoms with Crippen molar-refractivity contribution < 1.29 is 13.9 Å². The smallest absolute Gasteiger partial charge is 0.262 e. The molecule has 0 saturated carbocycles. The van der Waals surface area contributed by atoms with E-state index in [4.69, 9.17) is 9.15 Å². The molecule has 0 fully saturated rings. The second kappa shape index (κ2) is 4.61. The molecule has 0 unspecified atom stereocenters. The first-order valence-electron chi connectivity index (χ1n) is 5.81. The van der Waals surface area contributed by atoms with Crippen molar-refractivity contribution in [1.82, 2.24) is 0 Å². The number of furan rings is 1. The lowest BCUT2D eigenvalue weighted by Crippen LogP contribution is -2.10. The Morgan fingerprint density at radius 3 is 2.94 bits per heavy atom. The van der Waals surface area contributed by atoms with Gasteiger partial charge in [0.15, 0.2) is 11.5 Å². The van der Waals surface area contributed by atoms with E-state index in [1.54, 1.807) is 6.07 Å². The maximum atomic E-state index is 12.2. The van der Waals surface area contributed by atoms with Crippen molar-refractivity contribution in [3.63, 3.8) is 0 Å². The van der Waals surface area contributed by atoms with Gasteiger partial charge in [-0.05, 0) is 47.0 Å². The second-order valence-electron chi connectivity index (χ2n) is 4.16. The Morgan fingerprint density at radius 1 is 1.33 bits per heavy atom. The zero-order valence-electron chi connectivity index (χ0n) is 9.61. The number of fused-ring (bicyclic) bond motifs is 1. The number of ether oxygens (including phenoxy) is 1. The predicted molar refractivity (Wildman–Crippen MR) is 71.5 cm³/mol. The lowest BCUT2D eigenvalue weighted by Gasteiger charge is -2.12. The van der Waals surface area contributed by atoms with Crippen molar-refractivity contribution >= 4 is 32.7 Å². The average molecular weight is 307 g/mol. The lowest BCUT2D eigenvalue weighted by molar-refractivity contribution is 0.0874. The summed E-state index contributed by atoms with van der Waals surface area (Å²) in [5, 5.41) is 0.907. The van der Waals surface area contributed by atoms with Crippen LogP contribution < -0.4 is 0 Å². The molecule has 0 amide bonds. The molecule has 0 spiro atoms. The Balaban J connectivity index is 2.01. The highest BCUT2D eigenvalue weighted by Gasteiger charge is 2.20. The number of carbonyl (C=O) groups is 1. The SMILES string of the molecule is O=C(C1=CCCCO1)c1cc2cccc(Br)c2o1. The molecule has 0 radical (unpaired) electrons. The summed E-state index contributed by atoms with van der Waals surface area (Å²) < 4.78 is 11.8. The van der Waals surface area contributed by atoms with Crippen LogP contribution in [-0.2, 0) is 4.74 Å². The number of hydrogen-bond donors (Lipinski definition) is 0. The number of ketones is 1. The molecule has 1 aliphatic rings. The first kappa shape index (κ1) is 11.5. The lowest BCUT2D eigenvalue weighted by atomic mass is 10.1. The summed E-state index contributed by atoms with van der Waals surface area (Å²) in [5.41, 5.74) is 0.692. The largest absolute Gasteiger partial charge is 0.490 e. The van der Waals surface area contributed by atoms with Crippen LogP contribution in [0.3, 0.4) is 0 Å². The molecule has 3 nitrogen and oxygen atoms in total. The van der Waals surface area contributed by atoms with Crippen molar-refractivity contribution in [2.75, 3.05) is 6.61 Å². The van der Waals surface area contributed by atoms with Gasteiger partial charge < -0.3 is 9.15 Å². The van der Waals surface area contributed by atoms with E-state index >= 15 is 0 Å². The number of benzene rings is 1. The Labute approximate surface area is 113 Å². The monoisotopic (exact) mass is 306 g/mol. The van der Waals surface area contributed by atoms with Crippen LogP contribution in [0.5, 0.6) is 0 Å². The van der Waals surface area contributed by atoms with Gasteiger partial charge in [0.25, 0.3) is 5.78 Å². The molecule has 18 heavy (non-hydrogen) atoms. The number of Topliss-reactive ketones (excluding diaryl/α,β-unsaturated/α-hetero) is 1. The Morgan fingerprint density at radius 2 is 2.22 bits per heavy atom. The van der Waals surface area contributed by atoms with Gasteiger partial charge in [-0.1, -0.05) is 12.1 Å². The van der Waals surface area contributed by atoms with E-state index in [0.29, 0.717) is 23.7 Å². The first-order valence-corrected chi connectivity index (χ1v) is 6.61. The molecule has 4 heteroatoms. The van der Waals surface area contributed by atoms with E-state index in [1.807, 2.05) is 24.3 Å². The van der Waals surface area contributed by atoms with E-state index in [1.165, 1.54) is 0 Å². The van der Waals surface area contributed by atoms with Crippen LogP contribution in [0, 0.1) is 0 Å². The van der Waals surface area contributed by atoms with Gasteiger partial charge >= 0.3 is 0 Å². The normalized spacial score (nSPS) is 15.3. The van der Waals surface area contributed by atoms with Gasteiger partial charge in [0, 0.05) is 5.39 Å². The van der Waals surface area contributed by atoms with E-state index in [2.05, 4.69) is 15.9 Å². The van der Waals surface area contributed by atoms with Crippen LogP contribution in [0.2, 0.25) is 0 Å². The van der Waals surface area contributed by atoms with Gasteiger partial charge in [0.2, 0.25) is 0 Å². The number of carbonyl (C=O) groups excluding carboxylic acids is 1. The van der Waals surface area contributed by atoms with E-state index < -0.39 is 0 Å². The van der Waals surface area contributed by atoms with Crippen molar-refractivity contribution in [2.24, 2.45) is 0 Å². The summed E-state index contributed by atoms with van der Waals surface area (Å²) in [5.74, 6) is 0.541. The van der Waals surface area contributed by atoms with Crippen LogP contribution in [-0.4, -0.2) is 12.4 Å². The first-order chi connectivity index (χ1) is 8.75. The molecule has 1 aromatic heterocycles. The predicted octanol–water partition coefficient (Wildman–Crippen LogP) is 4.07. The fourth-order valence-electron chi connectivity index (χ4n) is 1.98.